The predicted molar refractivity (Wildman–Crippen MR) is 71.1 cm³/mol. The summed E-state index contributed by atoms with van der Waals surface area (Å²) in [6.45, 7) is 5.17. The summed E-state index contributed by atoms with van der Waals surface area (Å²) in [5.74, 6) is 0.0571. The topological polar surface area (TPSA) is 59.6 Å². The minimum absolute atomic E-state index is 0. The van der Waals surface area contributed by atoms with Gasteiger partial charge in [0.2, 0.25) is 5.91 Å². The van der Waals surface area contributed by atoms with Crippen molar-refractivity contribution in [3.8, 4) is 0 Å². The maximum atomic E-state index is 11.8. The number of morpholine rings is 1. The number of hydrogen-bond acceptors (Lipinski definition) is 4. The molecule has 2 aliphatic rings. The van der Waals surface area contributed by atoms with Crippen molar-refractivity contribution in [1.82, 2.24) is 10.6 Å². The van der Waals surface area contributed by atoms with Crippen LogP contribution in [0.5, 0.6) is 0 Å². The zero-order chi connectivity index (χ0) is 12.1. The Morgan fingerprint density at radius 2 is 2.28 bits per heavy atom. The van der Waals surface area contributed by atoms with Crippen LogP contribution in [-0.4, -0.2) is 50.5 Å². The first-order chi connectivity index (χ1) is 8.25. The van der Waals surface area contributed by atoms with Crippen LogP contribution in [0.1, 0.15) is 26.2 Å². The molecule has 0 bridgehead atoms. The molecule has 106 valence electrons. The molecule has 18 heavy (non-hydrogen) atoms. The van der Waals surface area contributed by atoms with Crippen LogP contribution in [0.3, 0.4) is 0 Å². The lowest BCUT2D eigenvalue weighted by molar-refractivity contribution is -0.125. The number of nitrogens with one attached hydrogen (secondary N) is 2. The summed E-state index contributed by atoms with van der Waals surface area (Å²) >= 11 is 0. The smallest absolute Gasteiger partial charge is 0.222 e. The highest BCUT2D eigenvalue weighted by Crippen LogP contribution is 2.15. The summed E-state index contributed by atoms with van der Waals surface area (Å²) < 4.78 is 11.0. The van der Waals surface area contributed by atoms with Crippen molar-refractivity contribution >= 4 is 18.3 Å². The molecule has 0 aromatic rings. The van der Waals surface area contributed by atoms with Gasteiger partial charge in [0.15, 0.2) is 0 Å². The third-order valence-corrected chi connectivity index (χ3v) is 3.33. The Bertz CT molecular complexity index is 254. The van der Waals surface area contributed by atoms with Crippen LogP contribution >= 0.6 is 12.4 Å². The zero-order valence-corrected chi connectivity index (χ0v) is 11.6. The van der Waals surface area contributed by atoms with Gasteiger partial charge in [-0.15, -0.1) is 12.4 Å². The van der Waals surface area contributed by atoms with Gasteiger partial charge in [0, 0.05) is 19.7 Å². The summed E-state index contributed by atoms with van der Waals surface area (Å²) in [6, 6.07) is 0.0987. The molecule has 2 rings (SSSR count). The van der Waals surface area contributed by atoms with Crippen LogP contribution in [0.15, 0.2) is 0 Å². The normalized spacial score (nSPS) is 29.4. The second-order valence-electron chi connectivity index (χ2n) is 4.81. The number of carbonyl (C=O) groups excluding carboxylic acids is 1. The molecule has 0 spiro atoms. The van der Waals surface area contributed by atoms with E-state index in [1.807, 2.05) is 6.92 Å². The Kier molecular flexibility index (Phi) is 6.92. The van der Waals surface area contributed by atoms with E-state index in [0.29, 0.717) is 13.0 Å². The van der Waals surface area contributed by atoms with Gasteiger partial charge in [-0.3, -0.25) is 4.79 Å². The van der Waals surface area contributed by atoms with Crippen LogP contribution in [0.2, 0.25) is 0 Å². The standard InChI is InChI=1S/C12H22N2O3.ClH/c1-9(11-3-2-5-17-11)14-12(15)7-10-8-13-4-6-16-10;/h9-11,13H,2-8H2,1H3,(H,14,15);1H. The fourth-order valence-corrected chi connectivity index (χ4v) is 2.36. The monoisotopic (exact) mass is 278 g/mol. The van der Waals surface area contributed by atoms with Crippen molar-refractivity contribution in [2.45, 2.75) is 44.4 Å². The SMILES string of the molecule is CC(NC(=O)CC1CNCCO1)C1CCCO1.Cl. The number of halogens is 1. The van der Waals surface area contributed by atoms with Crippen LogP contribution in [0.25, 0.3) is 0 Å². The van der Waals surface area contributed by atoms with Crippen molar-refractivity contribution in [2.75, 3.05) is 26.3 Å². The van der Waals surface area contributed by atoms with Gasteiger partial charge in [-0.05, 0) is 19.8 Å². The lowest BCUT2D eigenvalue weighted by atomic mass is 10.1. The molecular formula is C12H23ClN2O3. The first-order valence-corrected chi connectivity index (χ1v) is 6.49. The predicted octanol–water partition coefficient (Wildman–Crippen LogP) is 0.470. The fraction of sp³-hybridized carbons (Fsp3) is 0.917. The number of ether oxygens (including phenoxy) is 2. The van der Waals surface area contributed by atoms with Crippen molar-refractivity contribution in [1.29, 1.82) is 0 Å². The molecular weight excluding hydrogens is 256 g/mol. The quantitative estimate of drug-likeness (QED) is 0.785. The van der Waals surface area contributed by atoms with Gasteiger partial charge in [-0.2, -0.15) is 0 Å². The molecule has 1 amide bonds. The second-order valence-corrected chi connectivity index (χ2v) is 4.81. The van der Waals surface area contributed by atoms with E-state index >= 15 is 0 Å². The van der Waals surface area contributed by atoms with E-state index in [2.05, 4.69) is 10.6 Å². The second kappa shape index (κ2) is 7.94. The van der Waals surface area contributed by atoms with Gasteiger partial charge >= 0.3 is 0 Å². The van der Waals surface area contributed by atoms with Crippen molar-refractivity contribution in [3.63, 3.8) is 0 Å². The summed E-state index contributed by atoms with van der Waals surface area (Å²) in [4.78, 5) is 11.8. The van der Waals surface area contributed by atoms with Crippen LogP contribution in [0, 0.1) is 0 Å². The molecule has 5 nitrogen and oxygen atoms in total. The molecule has 2 fully saturated rings. The minimum atomic E-state index is 0. The maximum Gasteiger partial charge on any atom is 0.222 e. The van der Waals surface area contributed by atoms with Crippen molar-refractivity contribution < 1.29 is 14.3 Å². The van der Waals surface area contributed by atoms with Crippen LogP contribution in [0.4, 0.5) is 0 Å². The Balaban J connectivity index is 0.00000162. The molecule has 2 saturated heterocycles. The highest BCUT2D eigenvalue weighted by molar-refractivity contribution is 5.85. The third-order valence-electron chi connectivity index (χ3n) is 3.33. The highest BCUT2D eigenvalue weighted by atomic mass is 35.5. The van der Waals surface area contributed by atoms with E-state index in [9.17, 15) is 4.79 Å². The molecule has 0 aliphatic carbocycles. The minimum Gasteiger partial charge on any atom is -0.376 e. The van der Waals surface area contributed by atoms with Gasteiger partial charge < -0.3 is 20.1 Å². The van der Waals surface area contributed by atoms with Gasteiger partial charge in [0.05, 0.1) is 31.3 Å². The summed E-state index contributed by atoms with van der Waals surface area (Å²) in [7, 11) is 0. The Morgan fingerprint density at radius 3 is 2.89 bits per heavy atom. The van der Waals surface area contributed by atoms with Gasteiger partial charge in [0.25, 0.3) is 0 Å². The summed E-state index contributed by atoms with van der Waals surface area (Å²) in [6.07, 6.45) is 2.78. The Morgan fingerprint density at radius 1 is 1.44 bits per heavy atom. The van der Waals surface area contributed by atoms with Gasteiger partial charge in [-0.1, -0.05) is 0 Å². The van der Waals surface area contributed by atoms with Crippen LogP contribution < -0.4 is 10.6 Å². The number of amides is 1. The number of carbonyl (C=O) groups is 1. The molecule has 0 radical (unpaired) electrons. The molecule has 2 N–H and O–H groups in total. The van der Waals surface area contributed by atoms with Crippen LogP contribution in [-0.2, 0) is 14.3 Å². The van der Waals surface area contributed by atoms with Crippen molar-refractivity contribution in [2.24, 2.45) is 0 Å². The average Bonchev–Trinajstić information content (AvgIpc) is 2.83. The molecule has 0 saturated carbocycles. The third kappa shape index (κ3) is 4.72. The largest absolute Gasteiger partial charge is 0.376 e. The average molecular weight is 279 g/mol. The van der Waals surface area contributed by atoms with E-state index < -0.39 is 0 Å². The molecule has 0 aromatic heterocycles. The highest BCUT2D eigenvalue weighted by Gasteiger charge is 2.25. The molecule has 2 heterocycles. The van der Waals surface area contributed by atoms with E-state index in [0.717, 1.165) is 32.5 Å². The number of rotatable bonds is 4. The Labute approximate surface area is 114 Å². The zero-order valence-electron chi connectivity index (χ0n) is 10.8. The van der Waals surface area contributed by atoms with E-state index in [1.54, 1.807) is 0 Å². The Hall–Kier alpha value is -0.360. The number of hydrogen-bond donors (Lipinski definition) is 2. The summed E-state index contributed by atoms with van der Waals surface area (Å²) in [5.41, 5.74) is 0. The molecule has 0 aromatic carbocycles. The first-order valence-electron chi connectivity index (χ1n) is 6.49. The molecule has 3 atom stereocenters. The van der Waals surface area contributed by atoms with Crippen molar-refractivity contribution in [3.05, 3.63) is 0 Å². The molecule has 2 aliphatic heterocycles. The lowest BCUT2D eigenvalue weighted by Gasteiger charge is -2.25. The fourth-order valence-electron chi connectivity index (χ4n) is 2.36. The lowest BCUT2D eigenvalue weighted by Crippen LogP contribution is -2.45. The first kappa shape index (κ1) is 15.7. The van der Waals surface area contributed by atoms with Gasteiger partial charge in [-0.25, -0.2) is 0 Å². The maximum absolute atomic E-state index is 11.8. The van der Waals surface area contributed by atoms with E-state index in [-0.39, 0.29) is 36.6 Å². The van der Waals surface area contributed by atoms with E-state index in [4.69, 9.17) is 9.47 Å². The summed E-state index contributed by atoms with van der Waals surface area (Å²) in [5, 5.41) is 6.22. The van der Waals surface area contributed by atoms with E-state index in [1.165, 1.54) is 0 Å². The van der Waals surface area contributed by atoms with Gasteiger partial charge in [0.1, 0.15) is 0 Å². The molecule has 3 unspecified atom stereocenters. The molecule has 6 heteroatoms.